The third kappa shape index (κ3) is 3.18. The van der Waals surface area contributed by atoms with Crippen LogP contribution in [-0.4, -0.2) is 22.5 Å². The van der Waals surface area contributed by atoms with Crippen LogP contribution in [0.4, 0.5) is 0 Å². The highest BCUT2D eigenvalue weighted by molar-refractivity contribution is 5.82. The normalized spacial score (nSPS) is 11.3. The van der Waals surface area contributed by atoms with E-state index in [2.05, 4.69) is 9.97 Å². The number of nitrogens with zero attached hydrogens (tertiary/aromatic N) is 1. The van der Waals surface area contributed by atoms with E-state index in [1.165, 1.54) is 0 Å². The lowest BCUT2D eigenvalue weighted by atomic mass is 9.94. The van der Waals surface area contributed by atoms with E-state index >= 15 is 0 Å². The SMILES string of the molecule is CCOC(=O)C(C)(C)c1nc(-c2ccc[nH]c2=O)c(-c2ccccc2)o1. The van der Waals surface area contributed by atoms with Gasteiger partial charge in [-0.1, -0.05) is 30.3 Å². The van der Waals surface area contributed by atoms with Gasteiger partial charge in [-0.3, -0.25) is 9.59 Å². The first-order valence-electron chi connectivity index (χ1n) is 8.37. The van der Waals surface area contributed by atoms with Crippen LogP contribution >= 0.6 is 0 Å². The Morgan fingerprint density at radius 2 is 1.92 bits per heavy atom. The van der Waals surface area contributed by atoms with Crippen LogP contribution in [0.5, 0.6) is 0 Å². The van der Waals surface area contributed by atoms with Crippen molar-refractivity contribution in [3.05, 3.63) is 64.9 Å². The molecule has 2 aromatic heterocycles. The molecule has 26 heavy (non-hydrogen) atoms. The topological polar surface area (TPSA) is 85.2 Å². The Bertz CT molecular complexity index is 971. The molecule has 0 radical (unpaired) electrons. The summed E-state index contributed by atoms with van der Waals surface area (Å²) in [6.45, 7) is 5.38. The molecule has 3 aromatic rings. The Balaban J connectivity index is 2.20. The highest BCUT2D eigenvalue weighted by atomic mass is 16.5. The summed E-state index contributed by atoms with van der Waals surface area (Å²) in [4.78, 5) is 31.7. The van der Waals surface area contributed by atoms with E-state index in [9.17, 15) is 9.59 Å². The van der Waals surface area contributed by atoms with Gasteiger partial charge in [0.25, 0.3) is 5.56 Å². The van der Waals surface area contributed by atoms with Crippen molar-refractivity contribution < 1.29 is 13.9 Å². The molecule has 0 bridgehead atoms. The number of carbonyl (C=O) groups excluding carboxylic acids is 1. The fraction of sp³-hybridized carbons (Fsp3) is 0.250. The third-order valence-corrected chi connectivity index (χ3v) is 4.06. The Hall–Kier alpha value is -3.15. The van der Waals surface area contributed by atoms with E-state index < -0.39 is 11.4 Å². The second kappa shape index (κ2) is 7.00. The van der Waals surface area contributed by atoms with E-state index in [4.69, 9.17) is 9.15 Å². The molecule has 1 N–H and O–H groups in total. The number of H-pyrrole nitrogens is 1. The summed E-state index contributed by atoms with van der Waals surface area (Å²) < 4.78 is 11.1. The average molecular weight is 352 g/mol. The van der Waals surface area contributed by atoms with E-state index in [1.54, 1.807) is 39.1 Å². The highest BCUT2D eigenvalue weighted by Gasteiger charge is 2.38. The van der Waals surface area contributed by atoms with Crippen molar-refractivity contribution in [1.29, 1.82) is 0 Å². The number of pyridine rings is 1. The molecule has 2 heterocycles. The maximum absolute atomic E-state index is 12.3. The molecule has 0 amide bonds. The maximum atomic E-state index is 12.3. The van der Waals surface area contributed by atoms with E-state index in [-0.39, 0.29) is 18.1 Å². The number of aromatic amines is 1. The predicted octanol–water partition coefficient (Wildman–Crippen LogP) is 3.54. The summed E-state index contributed by atoms with van der Waals surface area (Å²) in [6.07, 6.45) is 1.55. The minimum absolute atomic E-state index is 0.202. The second-order valence-corrected chi connectivity index (χ2v) is 6.32. The zero-order valence-electron chi connectivity index (χ0n) is 14.9. The molecule has 0 saturated heterocycles. The molecule has 3 rings (SSSR count). The number of benzene rings is 1. The quantitative estimate of drug-likeness (QED) is 0.710. The number of carbonyl (C=O) groups is 1. The lowest BCUT2D eigenvalue weighted by Crippen LogP contribution is -2.31. The lowest BCUT2D eigenvalue weighted by Gasteiger charge is -2.18. The van der Waals surface area contributed by atoms with Gasteiger partial charge in [-0.2, -0.15) is 0 Å². The van der Waals surface area contributed by atoms with Crippen LogP contribution in [0.2, 0.25) is 0 Å². The minimum atomic E-state index is -1.08. The molecule has 1 aromatic carbocycles. The van der Waals surface area contributed by atoms with Gasteiger partial charge in [0.05, 0.1) is 12.2 Å². The van der Waals surface area contributed by atoms with Gasteiger partial charge in [0, 0.05) is 11.8 Å². The Morgan fingerprint density at radius 1 is 1.19 bits per heavy atom. The number of nitrogens with one attached hydrogen (secondary N) is 1. The zero-order chi connectivity index (χ0) is 18.7. The highest BCUT2D eigenvalue weighted by Crippen LogP contribution is 2.35. The van der Waals surface area contributed by atoms with Crippen LogP contribution in [0.15, 0.2) is 57.9 Å². The molecule has 6 nitrogen and oxygen atoms in total. The summed E-state index contributed by atoms with van der Waals surface area (Å²) in [5.41, 5.74) is 0.174. The molecule has 0 aliphatic rings. The molecule has 134 valence electrons. The van der Waals surface area contributed by atoms with Gasteiger partial charge in [-0.05, 0) is 32.9 Å². The van der Waals surface area contributed by atoms with Gasteiger partial charge >= 0.3 is 5.97 Å². The third-order valence-electron chi connectivity index (χ3n) is 4.06. The van der Waals surface area contributed by atoms with Gasteiger partial charge in [0.15, 0.2) is 5.76 Å². The van der Waals surface area contributed by atoms with Crippen molar-refractivity contribution >= 4 is 5.97 Å². The first kappa shape index (κ1) is 17.7. The number of aromatic nitrogens is 2. The largest absolute Gasteiger partial charge is 0.465 e. The maximum Gasteiger partial charge on any atom is 0.320 e. The predicted molar refractivity (Wildman–Crippen MR) is 97.7 cm³/mol. The molecular formula is C20H20N2O4. The Kier molecular flexibility index (Phi) is 4.75. The number of hydrogen-bond acceptors (Lipinski definition) is 5. The molecule has 0 spiro atoms. The number of rotatable bonds is 5. The van der Waals surface area contributed by atoms with Gasteiger partial charge < -0.3 is 14.1 Å². The molecular weight excluding hydrogens is 332 g/mol. The van der Waals surface area contributed by atoms with Crippen LogP contribution in [0.25, 0.3) is 22.6 Å². The first-order chi connectivity index (χ1) is 12.4. The number of ether oxygens (including phenoxy) is 1. The lowest BCUT2D eigenvalue weighted by molar-refractivity contribution is -0.149. The summed E-state index contributed by atoms with van der Waals surface area (Å²) in [5.74, 6) is 0.206. The smallest absolute Gasteiger partial charge is 0.320 e. The molecule has 6 heteroatoms. The molecule has 0 fully saturated rings. The number of esters is 1. The fourth-order valence-corrected chi connectivity index (χ4v) is 2.56. The monoisotopic (exact) mass is 352 g/mol. The van der Waals surface area contributed by atoms with Crippen molar-refractivity contribution in [3.63, 3.8) is 0 Å². The molecule has 0 saturated carbocycles. The first-order valence-corrected chi connectivity index (χ1v) is 8.37. The fourth-order valence-electron chi connectivity index (χ4n) is 2.56. The zero-order valence-corrected chi connectivity index (χ0v) is 14.9. The van der Waals surface area contributed by atoms with E-state index in [1.807, 2.05) is 30.3 Å². The molecule has 0 unspecified atom stereocenters. The summed E-state index contributed by atoms with van der Waals surface area (Å²) in [7, 11) is 0. The average Bonchev–Trinajstić information content (AvgIpc) is 3.09. The molecule has 0 aliphatic heterocycles. The van der Waals surface area contributed by atoms with Crippen molar-refractivity contribution in [1.82, 2.24) is 9.97 Å². The molecule has 0 aliphatic carbocycles. The summed E-state index contributed by atoms with van der Waals surface area (Å²) >= 11 is 0. The van der Waals surface area contributed by atoms with E-state index in [0.717, 1.165) is 5.56 Å². The molecule has 0 atom stereocenters. The van der Waals surface area contributed by atoms with Crippen LogP contribution in [0.3, 0.4) is 0 Å². The van der Waals surface area contributed by atoms with Crippen molar-refractivity contribution in [2.45, 2.75) is 26.2 Å². The van der Waals surface area contributed by atoms with Crippen LogP contribution < -0.4 is 5.56 Å². The van der Waals surface area contributed by atoms with Crippen molar-refractivity contribution in [2.24, 2.45) is 0 Å². The standard InChI is InChI=1S/C20H20N2O4/c1-4-25-19(24)20(2,3)18-22-15(14-11-8-12-21-17(14)23)16(26-18)13-9-6-5-7-10-13/h5-12H,4H2,1-3H3,(H,21,23). The van der Waals surface area contributed by atoms with E-state index in [0.29, 0.717) is 17.0 Å². The number of hydrogen-bond donors (Lipinski definition) is 1. The number of oxazole rings is 1. The minimum Gasteiger partial charge on any atom is -0.465 e. The van der Waals surface area contributed by atoms with Crippen LogP contribution in [0, 0.1) is 0 Å². The van der Waals surface area contributed by atoms with Gasteiger partial charge in [-0.25, -0.2) is 4.98 Å². The van der Waals surface area contributed by atoms with Crippen molar-refractivity contribution in [2.75, 3.05) is 6.61 Å². The van der Waals surface area contributed by atoms with Crippen LogP contribution in [0.1, 0.15) is 26.7 Å². The second-order valence-electron chi connectivity index (χ2n) is 6.32. The van der Waals surface area contributed by atoms with Gasteiger partial charge in [-0.15, -0.1) is 0 Å². The van der Waals surface area contributed by atoms with Crippen LogP contribution in [-0.2, 0) is 14.9 Å². The summed E-state index contributed by atoms with van der Waals surface area (Å²) in [5, 5.41) is 0. The van der Waals surface area contributed by atoms with Gasteiger partial charge in [0.1, 0.15) is 11.1 Å². The van der Waals surface area contributed by atoms with Crippen molar-refractivity contribution in [3.8, 4) is 22.6 Å². The Labute approximate surface area is 150 Å². The Morgan fingerprint density at radius 3 is 2.58 bits per heavy atom. The summed E-state index contributed by atoms with van der Waals surface area (Å²) in [6, 6.07) is 12.7. The van der Waals surface area contributed by atoms with Gasteiger partial charge in [0.2, 0.25) is 5.89 Å².